The van der Waals surface area contributed by atoms with Gasteiger partial charge < -0.3 is 10.2 Å². The van der Waals surface area contributed by atoms with E-state index in [-0.39, 0.29) is 11.9 Å². The third-order valence-electron chi connectivity index (χ3n) is 4.00. The first-order valence-electron chi connectivity index (χ1n) is 6.32. The number of rotatable bonds is 3. The molecule has 1 fully saturated rings. The number of carbonyl (C=O) groups excluding carboxylic acids is 1. The van der Waals surface area contributed by atoms with Crippen LogP contribution in [0, 0.1) is 0 Å². The van der Waals surface area contributed by atoms with Gasteiger partial charge in [-0.2, -0.15) is 0 Å². The van der Waals surface area contributed by atoms with E-state index >= 15 is 0 Å². The van der Waals surface area contributed by atoms with Crippen molar-refractivity contribution in [2.45, 2.75) is 24.8 Å². The summed E-state index contributed by atoms with van der Waals surface area (Å²) < 4.78 is 0. The molecule has 1 saturated heterocycles. The summed E-state index contributed by atoms with van der Waals surface area (Å²) in [4.78, 5) is 13.5. The minimum Gasteiger partial charge on any atom is -0.344 e. The number of fused-ring (bicyclic) bond motifs is 1. The molecule has 3 nitrogen and oxygen atoms in total. The smallest absolute Gasteiger partial charge is 0.239 e. The minimum atomic E-state index is 0.0489. The van der Waals surface area contributed by atoms with Gasteiger partial charge in [-0.3, -0.25) is 4.79 Å². The number of nitrogens with zero attached hydrogens (tertiary/aromatic N) is 1. The molecule has 0 aromatic heterocycles. The van der Waals surface area contributed by atoms with Crippen LogP contribution in [0.4, 0.5) is 0 Å². The van der Waals surface area contributed by atoms with Crippen molar-refractivity contribution in [3.05, 3.63) is 35.4 Å². The highest BCUT2D eigenvalue weighted by Gasteiger charge is 2.31. The molecule has 2 unspecified atom stereocenters. The van der Waals surface area contributed by atoms with E-state index in [2.05, 4.69) is 29.6 Å². The lowest BCUT2D eigenvalue weighted by Crippen LogP contribution is -2.40. The molecule has 3 heteroatoms. The minimum absolute atomic E-state index is 0.0489. The third kappa shape index (κ3) is 1.84. The van der Waals surface area contributed by atoms with Gasteiger partial charge in [-0.25, -0.2) is 0 Å². The van der Waals surface area contributed by atoms with Gasteiger partial charge in [0, 0.05) is 26.1 Å². The van der Waals surface area contributed by atoms with Gasteiger partial charge in [0.1, 0.15) is 0 Å². The normalized spacial score (nSPS) is 26.9. The Kier molecular flexibility index (Phi) is 2.63. The maximum absolute atomic E-state index is 11.7. The van der Waals surface area contributed by atoms with E-state index < -0.39 is 0 Å². The quantitative estimate of drug-likeness (QED) is 0.844. The van der Waals surface area contributed by atoms with Gasteiger partial charge in [0.15, 0.2) is 0 Å². The summed E-state index contributed by atoms with van der Waals surface area (Å²) in [7, 11) is 1.88. The zero-order valence-electron chi connectivity index (χ0n) is 10.1. The van der Waals surface area contributed by atoms with Crippen LogP contribution >= 0.6 is 0 Å². The molecule has 1 heterocycles. The number of carbonyl (C=O) groups is 1. The molecule has 1 amide bonds. The van der Waals surface area contributed by atoms with E-state index in [9.17, 15) is 4.79 Å². The molecule has 1 N–H and O–H groups in total. The van der Waals surface area contributed by atoms with Crippen molar-refractivity contribution in [1.29, 1.82) is 0 Å². The van der Waals surface area contributed by atoms with Gasteiger partial charge in [0.2, 0.25) is 5.91 Å². The topological polar surface area (TPSA) is 32.3 Å². The van der Waals surface area contributed by atoms with Crippen molar-refractivity contribution < 1.29 is 4.79 Å². The van der Waals surface area contributed by atoms with E-state index in [1.807, 2.05) is 11.9 Å². The second-order valence-electron chi connectivity index (χ2n) is 5.11. The van der Waals surface area contributed by atoms with Crippen LogP contribution in [0.1, 0.15) is 23.5 Å². The standard InChI is InChI=1S/C14H18N2O/c1-16-7-6-13(14(16)17)15-9-11-8-10-4-2-3-5-12(10)11/h2-5,11,13,15H,6-9H2,1H3. The maximum Gasteiger partial charge on any atom is 0.239 e. The third-order valence-corrected chi connectivity index (χ3v) is 4.00. The van der Waals surface area contributed by atoms with E-state index in [0.29, 0.717) is 5.92 Å². The number of nitrogens with one attached hydrogen (secondary N) is 1. The molecule has 1 aliphatic carbocycles. The molecule has 0 saturated carbocycles. The molecule has 2 aliphatic rings. The maximum atomic E-state index is 11.7. The predicted octanol–water partition coefficient (Wildman–Crippen LogP) is 1.15. The van der Waals surface area contributed by atoms with Crippen LogP contribution in [-0.2, 0) is 11.2 Å². The Morgan fingerprint density at radius 3 is 2.94 bits per heavy atom. The van der Waals surface area contributed by atoms with Gasteiger partial charge in [0.25, 0.3) is 0 Å². The zero-order chi connectivity index (χ0) is 11.8. The number of likely N-dealkylation sites (tertiary alicyclic amines) is 1. The fourth-order valence-electron chi connectivity index (χ4n) is 2.84. The molecule has 1 aromatic rings. The molecule has 0 radical (unpaired) electrons. The first-order chi connectivity index (χ1) is 8.25. The average molecular weight is 230 g/mol. The monoisotopic (exact) mass is 230 g/mol. The van der Waals surface area contributed by atoms with Crippen molar-refractivity contribution in [2.24, 2.45) is 0 Å². The Labute approximate surface area is 102 Å². The zero-order valence-corrected chi connectivity index (χ0v) is 10.1. The average Bonchev–Trinajstić information content (AvgIpc) is 2.62. The first-order valence-corrected chi connectivity index (χ1v) is 6.32. The highest BCUT2D eigenvalue weighted by molar-refractivity contribution is 5.83. The summed E-state index contributed by atoms with van der Waals surface area (Å²) in [5, 5.41) is 3.41. The van der Waals surface area contributed by atoms with Crippen molar-refractivity contribution in [1.82, 2.24) is 10.2 Å². The lowest BCUT2D eigenvalue weighted by molar-refractivity contribution is -0.128. The van der Waals surface area contributed by atoms with Crippen molar-refractivity contribution in [3.8, 4) is 0 Å². The van der Waals surface area contributed by atoms with Crippen LogP contribution < -0.4 is 5.32 Å². The summed E-state index contributed by atoms with van der Waals surface area (Å²) in [5.74, 6) is 0.850. The van der Waals surface area contributed by atoms with Gasteiger partial charge in [-0.1, -0.05) is 24.3 Å². The Morgan fingerprint density at radius 1 is 1.41 bits per heavy atom. The Hall–Kier alpha value is -1.35. The van der Waals surface area contributed by atoms with Crippen LogP contribution in [0.2, 0.25) is 0 Å². The molecule has 90 valence electrons. The second kappa shape index (κ2) is 4.15. The van der Waals surface area contributed by atoms with E-state index in [4.69, 9.17) is 0 Å². The molecule has 3 rings (SSSR count). The van der Waals surface area contributed by atoms with Gasteiger partial charge in [0.05, 0.1) is 6.04 Å². The molecule has 2 atom stereocenters. The van der Waals surface area contributed by atoms with Crippen molar-refractivity contribution in [3.63, 3.8) is 0 Å². The van der Waals surface area contributed by atoms with Crippen LogP contribution in [0.15, 0.2) is 24.3 Å². The summed E-state index contributed by atoms with van der Waals surface area (Å²) in [6, 6.07) is 8.64. The lowest BCUT2D eigenvalue weighted by Gasteiger charge is -2.31. The lowest BCUT2D eigenvalue weighted by atomic mass is 9.77. The van der Waals surface area contributed by atoms with Crippen molar-refractivity contribution >= 4 is 5.91 Å². The summed E-state index contributed by atoms with van der Waals surface area (Å²) in [6.07, 6.45) is 2.10. The molecule has 1 aromatic carbocycles. The molecular weight excluding hydrogens is 212 g/mol. The number of hydrogen-bond acceptors (Lipinski definition) is 2. The van der Waals surface area contributed by atoms with Gasteiger partial charge in [-0.15, -0.1) is 0 Å². The number of likely N-dealkylation sites (N-methyl/N-ethyl adjacent to an activating group) is 1. The summed E-state index contributed by atoms with van der Waals surface area (Å²) >= 11 is 0. The van der Waals surface area contributed by atoms with E-state index in [1.54, 1.807) is 0 Å². The number of hydrogen-bond donors (Lipinski definition) is 1. The largest absolute Gasteiger partial charge is 0.344 e. The highest BCUT2D eigenvalue weighted by Crippen LogP contribution is 2.34. The van der Waals surface area contributed by atoms with E-state index in [0.717, 1.165) is 25.9 Å². The van der Waals surface area contributed by atoms with Crippen LogP contribution in [0.25, 0.3) is 0 Å². The summed E-state index contributed by atoms with van der Waals surface area (Å²) in [5.41, 5.74) is 2.92. The highest BCUT2D eigenvalue weighted by atomic mass is 16.2. The number of amides is 1. The molecule has 0 bridgehead atoms. The van der Waals surface area contributed by atoms with Crippen LogP contribution in [0.3, 0.4) is 0 Å². The van der Waals surface area contributed by atoms with Crippen molar-refractivity contribution in [2.75, 3.05) is 20.1 Å². The number of benzene rings is 1. The van der Waals surface area contributed by atoms with Gasteiger partial charge >= 0.3 is 0 Å². The Morgan fingerprint density at radius 2 is 2.24 bits per heavy atom. The fourth-order valence-corrected chi connectivity index (χ4v) is 2.84. The molecular formula is C14H18N2O. The first kappa shape index (κ1) is 10.8. The molecule has 0 spiro atoms. The Bertz CT molecular complexity index is 444. The van der Waals surface area contributed by atoms with Gasteiger partial charge in [-0.05, 0) is 24.0 Å². The Balaban J connectivity index is 1.56. The second-order valence-corrected chi connectivity index (χ2v) is 5.11. The van der Waals surface area contributed by atoms with E-state index in [1.165, 1.54) is 11.1 Å². The summed E-state index contributed by atoms with van der Waals surface area (Å²) in [6.45, 7) is 1.82. The predicted molar refractivity (Wildman–Crippen MR) is 66.9 cm³/mol. The van der Waals surface area contributed by atoms with Crippen LogP contribution in [0.5, 0.6) is 0 Å². The fraction of sp³-hybridized carbons (Fsp3) is 0.500. The SMILES string of the molecule is CN1CCC(NCC2Cc3ccccc32)C1=O. The van der Waals surface area contributed by atoms with Crippen LogP contribution in [-0.4, -0.2) is 37.0 Å². The molecule has 17 heavy (non-hydrogen) atoms. The molecule has 1 aliphatic heterocycles.